The number of hydrogen-bond donors (Lipinski definition) is 2. The lowest BCUT2D eigenvalue weighted by Crippen LogP contribution is -2.55. The maximum atomic E-state index is 11.3. The van der Waals surface area contributed by atoms with Crippen LogP contribution in [0.4, 0.5) is 0 Å². The maximum absolute atomic E-state index is 11.3. The van der Waals surface area contributed by atoms with Crippen molar-refractivity contribution in [2.24, 2.45) is 29.1 Å². The van der Waals surface area contributed by atoms with Gasteiger partial charge in [0.1, 0.15) is 0 Å². The second-order valence-corrected chi connectivity index (χ2v) is 12.6. The Morgan fingerprint density at radius 2 is 1.67 bits per heavy atom. The number of aliphatic hydroxyl groups excluding tert-OH is 1. The molecule has 4 saturated carbocycles. The molecule has 33 heavy (non-hydrogen) atoms. The molecule has 0 spiro atoms. The van der Waals surface area contributed by atoms with Gasteiger partial charge in [0.2, 0.25) is 0 Å². The van der Waals surface area contributed by atoms with Gasteiger partial charge in [0, 0.05) is 18.1 Å². The van der Waals surface area contributed by atoms with Crippen LogP contribution in [0.2, 0.25) is 5.02 Å². The molecule has 0 radical (unpaired) electrons. The highest BCUT2D eigenvalue weighted by Crippen LogP contribution is 2.61. The number of halogens is 3. The van der Waals surface area contributed by atoms with Gasteiger partial charge in [-0.15, -0.1) is 24.8 Å². The van der Waals surface area contributed by atoms with Gasteiger partial charge in [-0.1, -0.05) is 22.9 Å². The minimum absolute atomic E-state index is 0. The molecular weight excluding hydrogens is 497 g/mol. The summed E-state index contributed by atoms with van der Waals surface area (Å²) in [5.74, 6) is 3.31. The third-order valence-electron chi connectivity index (χ3n) is 9.04. The Labute approximate surface area is 218 Å². The van der Waals surface area contributed by atoms with Gasteiger partial charge in [-0.25, -0.2) is 0 Å². The summed E-state index contributed by atoms with van der Waals surface area (Å²) in [6, 6.07) is 5.97. The van der Waals surface area contributed by atoms with Crippen molar-refractivity contribution < 1.29 is 5.11 Å². The number of rotatable bonds is 5. The number of benzene rings is 1. The van der Waals surface area contributed by atoms with Crippen LogP contribution in [-0.2, 0) is 6.54 Å². The fourth-order valence-corrected chi connectivity index (χ4v) is 9.07. The lowest BCUT2D eigenvalue weighted by atomic mass is 9.48. The number of aromatic nitrogens is 1. The molecule has 8 heteroatoms. The summed E-state index contributed by atoms with van der Waals surface area (Å²) < 4.78 is 3.27. The molecule has 1 aromatic carbocycles. The van der Waals surface area contributed by atoms with E-state index in [1.54, 1.807) is 0 Å². The van der Waals surface area contributed by atoms with Gasteiger partial charge in [0.25, 0.3) is 0 Å². The zero-order valence-corrected chi connectivity index (χ0v) is 22.3. The predicted octanol–water partition coefficient (Wildman–Crippen LogP) is 5.97. The lowest BCUT2D eigenvalue weighted by Gasteiger charge is -2.59. The zero-order chi connectivity index (χ0) is 21.2. The Kier molecular flexibility index (Phi) is 7.80. The maximum Gasteiger partial charge on any atom is 0.182 e. The lowest BCUT2D eigenvalue weighted by molar-refractivity contribution is -0.128. The van der Waals surface area contributed by atoms with Crippen LogP contribution in [0.5, 0.6) is 0 Å². The molecule has 4 bridgehead atoms. The van der Waals surface area contributed by atoms with E-state index >= 15 is 0 Å². The average Bonchev–Trinajstić information content (AvgIpc) is 3.02. The highest BCUT2D eigenvalue weighted by molar-refractivity contribution is 7.16. The van der Waals surface area contributed by atoms with E-state index in [1.165, 1.54) is 49.9 Å². The van der Waals surface area contributed by atoms with Crippen molar-refractivity contribution in [3.63, 3.8) is 0 Å². The van der Waals surface area contributed by atoms with Crippen LogP contribution in [0.3, 0.4) is 0 Å². The Morgan fingerprint density at radius 3 is 2.27 bits per heavy atom. The number of likely N-dealkylation sites (tertiary alicyclic amines) is 1. The fraction of sp³-hybridized carbons (Fsp3) is 0.720. The Morgan fingerprint density at radius 1 is 1.06 bits per heavy atom. The Hall–Kier alpha value is -0.300. The van der Waals surface area contributed by atoms with Crippen molar-refractivity contribution >= 4 is 58.0 Å². The van der Waals surface area contributed by atoms with E-state index in [0.29, 0.717) is 10.7 Å². The summed E-state index contributed by atoms with van der Waals surface area (Å²) >= 11 is 7.66. The Balaban J connectivity index is 0.00000130. The molecule has 1 saturated heterocycles. The molecule has 0 unspecified atom stereocenters. The van der Waals surface area contributed by atoms with E-state index in [-0.39, 0.29) is 36.3 Å². The molecule has 2 heterocycles. The van der Waals surface area contributed by atoms with Crippen molar-refractivity contribution in [2.75, 3.05) is 19.6 Å². The molecule has 5 aliphatic rings. The van der Waals surface area contributed by atoms with Gasteiger partial charge in [0.05, 0.1) is 16.3 Å². The van der Waals surface area contributed by atoms with E-state index in [4.69, 9.17) is 17.0 Å². The number of aliphatic hydroxyl groups is 1. The average molecular weight is 533 g/mol. The number of nitrogens with zero attached hydrogens (tertiary/aromatic N) is 2. The molecule has 2 N–H and O–H groups in total. The highest BCUT2D eigenvalue weighted by atomic mass is 35.5. The molecular formula is C25H36Cl3N3OS. The molecule has 1 aromatic heterocycles. The smallest absolute Gasteiger partial charge is 0.182 e. The quantitative estimate of drug-likeness (QED) is 0.498. The Bertz CT molecular complexity index is 994. The minimum Gasteiger partial charge on any atom is -0.391 e. The van der Waals surface area contributed by atoms with Crippen LogP contribution in [0.15, 0.2) is 18.2 Å². The monoisotopic (exact) mass is 531 g/mol. The van der Waals surface area contributed by atoms with Crippen molar-refractivity contribution in [3.05, 3.63) is 28.0 Å². The molecule has 7 rings (SSSR count). The van der Waals surface area contributed by atoms with Crippen molar-refractivity contribution in [1.82, 2.24) is 9.47 Å². The normalized spacial score (nSPS) is 32.5. The molecule has 1 aliphatic heterocycles. The van der Waals surface area contributed by atoms with Crippen LogP contribution in [0.25, 0.3) is 10.2 Å². The molecule has 5 fully saturated rings. The number of hydrogen-bond acceptors (Lipinski definition) is 4. The van der Waals surface area contributed by atoms with Crippen molar-refractivity contribution in [3.8, 4) is 0 Å². The van der Waals surface area contributed by atoms with Gasteiger partial charge in [-0.2, -0.15) is 0 Å². The minimum atomic E-state index is -0.141. The second kappa shape index (κ2) is 9.99. The number of nitrogens with one attached hydrogen (secondary N) is 1. The van der Waals surface area contributed by atoms with Crippen molar-refractivity contribution in [1.29, 1.82) is 5.41 Å². The highest BCUT2D eigenvalue weighted by Gasteiger charge is 2.54. The third kappa shape index (κ3) is 4.88. The van der Waals surface area contributed by atoms with Crippen LogP contribution in [0.1, 0.15) is 51.4 Å². The molecule has 1 atom stereocenters. The van der Waals surface area contributed by atoms with Crippen LogP contribution < -0.4 is 4.80 Å². The summed E-state index contributed by atoms with van der Waals surface area (Å²) in [5, 5.41) is 20.5. The summed E-state index contributed by atoms with van der Waals surface area (Å²) in [6.07, 6.45) is 10.4. The molecule has 4 aliphatic carbocycles. The largest absolute Gasteiger partial charge is 0.391 e. The van der Waals surface area contributed by atoms with Gasteiger partial charge in [-0.05, 0) is 112 Å². The molecule has 0 amide bonds. The first-order valence-corrected chi connectivity index (χ1v) is 13.4. The summed E-state index contributed by atoms with van der Waals surface area (Å²) in [4.78, 5) is 3.15. The van der Waals surface area contributed by atoms with Gasteiger partial charge < -0.3 is 14.6 Å². The summed E-state index contributed by atoms with van der Waals surface area (Å²) in [5.41, 5.74) is 1.37. The van der Waals surface area contributed by atoms with Gasteiger partial charge in [-0.3, -0.25) is 5.41 Å². The number of fused-ring (bicyclic) bond motifs is 1. The van der Waals surface area contributed by atoms with E-state index in [2.05, 4.69) is 15.5 Å². The standard InChI is InChI=1S/C25H34ClN3OS.2ClH/c26-20-1-2-21-22(10-20)31-24(27)29(21)14-16-3-5-28(6-4-16)15-23(30)25-11-17-7-18(12-25)9-19(8-17)13-25;;/h1-2,10,16-19,23,27,30H,3-9,11-15H2;2*1H/t17?,18?,19?,23-,25?;;/m0../s1. The number of β-amino-alcohol motifs (C(OH)–C–C–N with tert-alkyl or cyclic N) is 1. The fourth-order valence-electron chi connectivity index (χ4n) is 7.88. The van der Waals surface area contributed by atoms with Gasteiger partial charge >= 0.3 is 0 Å². The van der Waals surface area contributed by atoms with E-state index in [9.17, 15) is 5.11 Å². The predicted molar refractivity (Wildman–Crippen MR) is 141 cm³/mol. The van der Waals surface area contributed by atoms with Crippen molar-refractivity contribution in [2.45, 2.75) is 64.0 Å². The van der Waals surface area contributed by atoms with Crippen LogP contribution in [-0.4, -0.2) is 40.3 Å². The van der Waals surface area contributed by atoms with Crippen LogP contribution >= 0.6 is 47.8 Å². The first kappa shape index (κ1) is 25.8. The third-order valence-corrected chi connectivity index (χ3v) is 10.2. The van der Waals surface area contributed by atoms with E-state index in [0.717, 1.165) is 72.0 Å². The summed E-state index contributed by atoms with van der Waals surface area (Å²) in [7, 11) is 0. The van der Waals surface area contributed by atoms with E-state index < -0.39 is 0 Å². The van der Waals surface area contributed by atoms with Gasteiger partial charge in [0.15, 0.2) is 4.80 Å². The summed E-state index contributed by atoms with van der Waals surface area (Å²) in [6.45, 7) is 3.95. The van der Waals surface area contributed by atoms with E-state index in [1.807, 2.05) is 12.1 Å². The van der Waals surface area contributed by atoms with Crippen LogP contribution in [0, 0.1) is 34.5 Å². The topological polar surface area (TPSA) is 52.2 Å². The molecule has 184 valence electrons. The molecule has 4 nitrogen and oxygen atoms in total. The molecule has 2 aromatic rings. The number of piperidine rings is 1. The first-order chi connectivity index (χ1) is 15.0. The zero-order valence-electron chi connectivity index (χ0n) is 19.0. The SMILES string of the molecule is Cl.Cl.N=c1sc2cc(Cl)ccc2n1CC1CCN(C[C@H](O)C23CC4CC(CC(C4)C2)C3)CC1. The number of thiazole rings is 1. The second-order valence-electron chi connectivity index (χ2n) is 11.2. The first-order valence-electron chi connectivity index (χ1n) is 12.2.